The highest BCUT2D eigenvalue weighted by atomic mass is 16.6. The lowest BCUT2D eigenvalue weighted by Crippen LogP contribution is -2.16. The first-order valence-electron chi connectivity index (χ1n) is 5.42. The van der Waals surface area contributed by atoms with Crippen molar-refractivity contribution in [3.8, 4) is 0 Å². The molecule has 1 fully saturated rings. The SMILES string of the molecule is CCC=C[C@H]1C(O)OC[C@H]1/C=C/CC. The lowest BCUT2D eigenvalue weighted by atomic mass is 9.93. The lowest BCUT2D eigenvalue weighted by molar-refractivity contribution is -0.0735. The molecule has 0 aliphatic carbocycles. The van der Waals surface area contributed by atoms with Gasteiger partial charge in [-0.2, -0.15) is 0 Å². The van der Waals surface area contributed by atoms with Gasteiger partial charge in [0.2, 0.25) is 0 Å². The normalized spacial score (nSPS) is 33.5. The highest BCUT2D eigenvalue weighted by molar-refractivity contribution is 5.03. The van der Waals surface area contributed by atoms with Gasteiger partial charge in [-0.25, -0.2) is 0 Å². The van der Waals surface area contributed by atoms with E-state index in [2.05, 4.69) is 38.2 Å². The van der Waals surface area contributed by atoms with Crippen LogP contribution in [0.3, 0.4) is 0 Å². The lowest BCUT2D eigenvalue weighted by Gasteiger charge is -2.12. The van der Waals surface area contributed by atoms with Crippen LogP contribution in [-0.4, -0.2) is 18.0 Å². The number of ether oxygens (including phenoxy) is 1. The second-order valence-electron chi connectivity index (χ2n) is 3.64. The molecule has 1 aliphatic rings. The van der Waals surface area contributed by atoms with Gasteiger partial charge in [-0.3, -0.25) is 0 Å². The third kappa shape index (κ3) is 2.96. The fourth-order valence-electron chi connectivity index (χ4n) is 1.67. The summed E-state index contributed by atoms with van der Waals surface area (Å²) in [6, 6.07) is 0. The largest absolute Gasteiger partial charge is 0.367 e. The zero-order chi connectivity index (χ0) is 10.4. The van der Waals surface area contributed by atoms with E-state index >= 15 is 0 Å². The molecule has 1 unspecified atom stereocenters. The third-order valence-electron chi connectivity index (χ3n) is 2.50. The molecule has 1 saturated heterocycles. The van der Waals surface area contributed by atoms with Gasteiger partial charge in [0.05, 0.1) is 6.61 Å². The Morgan fingerprint density at radius 2 is 1.86 bits per heavy atom. The average molecular weight is 196 g/mol. The summed E-state index contributed by atoms with van der Waals surface area (Å²) >= 11 is 0. The molecule has 0 saturated carbocycles. The molecule has 2 nitrogen and oxygen atoms in total. The predicted octanol–water partition coefficient (Wildman–Crippen LogP) is 2.50. The summed E-state index contributed by atoms with van der Waals surface area (Å²) in [5, 5.41) is 9.58. The van der Waals surface area contributed by atoms with E-state index in [1.807, 2.05) is 0 Å². The summed E-state index contributed by atoms with van der Waals surface area (Å²) < 4.78 is 5.23. The summed E-state index contributed by atoms with van der Waals surface area (Å²) in [4.78, 5) is 0. The number of hydrogen-bond acceptors (Lipinski definition) is 2. The highest BCUT2D eigenvalue weighted by Crippen LogP contribution is 2.28. The minimum atomic E-state index is -0.621. The summed E-state index contributed by atoms with van der Waals surface area (Å²) in [5.74, 6) is 0.477. The van der Waals surface area contributed by atoms with Crippen LogP contribution in [0.1, 0.15) is 26.7 Å². The van der Waals surface area contributed by atoms with Crippen LogP contribution in [0.2, 0.25) is 0 Å². The first-order chi connectivity index (χ1) is 6.79. The van der Waals surface area contributed by atoms with E-state index in [4.69, 9.17) is 4.74 Å². The molecule has 1 aliphatic heterocycles. The van der Waals surface area contributed by atoms with Crippen LogP contribution in [0.25, 0.3) is 0 Å². The van der Waals surface area contributed by atoms with Crippen molar-refractivity contribution < 1.29 is 9.84 Å². The van der Waals surface area contributed by atoms with E-state index in [9.17, 15) is 5.11 Å². The minimum absolute atomic E-state index is 0.137. The van der Waals surface area contributed by atoms with Crippen LogP contribution >= 0.6 is 0 Å². The number of aliphatic hydroxyl groups is 1. The van der Waals surface area contributed by atoms with Crippen LogP contribution in [0, 0.1) is 11.8 Å². The number of hydrogen-bond donors (Lipinski definition) is 1. The van der Waals surface area contributed by atoms with Crippen molar-refractivity contribution in [3.63, 3.8) is 0 Å². The standard InChI is InChI=1S/C12H20O2/c1-3-5-7-10-9-14-12(13)11(10)8-6-4-2/h5-8,10-13H,3-4,9H2,1-2H3/b7-5+,8-6?/t10-,11-,12?/m1/s1. The number of allylic oxidation sites excluding steroid dienone is 2. The van der Waals surface area contributed by atoms with Crippen molar-refractivity contribution in [2.45, 2.75) is 33.0 Å². The second-order valence-corrected chi connectivity index (χ2v) is 3.64. The topological polar surface area (TPSA) is 29.5 Å². The van der Waals surface area contributed by atoms with Gasteiger partial charge in [0.15, 0.2) is 6.29 Å². The molecular weight excluding hydrogens is 176 g/mol. The molecule has 2 heteroatoms. The van der Waals surface area contributed by atoms with E-state index in [0.717, 1.165) is 12.8 Å². The Hall–Kier alpha value is -0.600. The van der Waals surface area contributed by atoms with Gasteiger partial charge in [0.1, 0.15) is 0 Å². The van der Waals surface area contributed by atoms with Crippen molar-refractivity contribution in [1.82, 2.24) is 0 Å². The van der Waals surface area contributed by atoms with Gasteiger partial charge in [0.25, 0.3) is 0 Å². The van der Waals surface area contributed by atoms with Gasteiger partial charge < -0.3 is 9.84 Å². The van der Waals surface area contributed by atoms with Crippen molar-refractivity contribution in [2.75, 3.05) is 6.61 Å². The van der Waals surface area contributed by atoms with Gasteiger partial charge in [-0.15, -0.1) is 0 Å². The van der Waals surface area contributed by atoms with Crippen molar-refractivity contribution in [3.05, 3.63) is 24.3 Å². The molecule has 3 atom stereocenters. The molecule has 1 heterocycles. The summed E-state index contributed by atoms with van der Waals surface area (Å²) in [6.45, 7) is 4.84. The molecule has 0 aromatic heterocycles. The Balaban J connectivity index is 2.57. The Kier molecular flexibility index (Phi) is 4.91. The van der Waals surface area contributed by atoms with E-state index in [0.29, 0.717) is 12.5 Å². The fourth-order valence-corrected chi connectivity index (χ4v) is 1.67. The zero-order valence-electron chi connectivity index (χ0n) is 9.02. The molecule has 0 amide bonds. The van der Waals surface area contributed by atoms with Crippen LogP contribution in [0.4, 0.5) is 0 Å². The second kappa shape index (κ2) is 5.99. The first-order valence-corrected chi connectivity index (χ1v) is 5.42. The molecule has 14 heavy (non-hydrogen) atoms. The fraction of sp³-hybridized carbons (Fsp3) is 0.667. The van der Waals surface area contributed by atoms with Gasteiger partial charge in [-0.1, -0.05) is 38.2 Å². The molecule has 0 bridgehead atoms. The van der Waals surface area contributed by atoms with Crippen LogP contribution in [0.15, 0.2) is 24.3 Å². The number of rotatable bonds is 4. The van der Waals surface area contributed by atoms with Gasteiger partial charge >= 0.3 is 0 Å². The van der Waals surface area contributed by atoms with Crippen molar-refractivity contribution >= 4 is 0 Å². The maximum atomic E-state index is 9.58. The van der Waals surface area contributed by atoms with E-state index < -0.39 is 6.29 Å². The van der Waals surface area contributed by atoms with E-state index in [1.54, 1.807) is 0 Å². The van der Waals surface area contributed by atoms with Crippen LogP contribution in [0.5, 0.6) is 0 Å². The Labute approximate surface area is 86.3 Å². The van der Waals surface area contributed by atoms with Gasteiger partial charge in [0, 0.05) is 11.8 Å². The zero-order valence-corrected chi connectivity index (χ0v) is 9.02. The molecule has 1 rings (SSSR count). The van der Waals surface area contributed by atoms with Crippen molar-refractivity contribution in [1.29, 1.82) is 0 Å². The quantitative estimate of drug-likeness (QED) is 0.700. The Morgan fingerprint density at radius 1 is 1.21 bits per heavy atom. The van der Waals surface area contributed by atoms with Crippen molar-refractivity contribution in [2.24, 2.45) is 11.8 Å². The monoisotopic (exact) mass is 196 g/mol. The molecule has 80 valence electrons. The minimum Gasteiger partial charge on any atom is -0.367 e. The molecular formula is C12H20O2. The molecule has 0 radical (unpaired) electrons. The van der Waals surface area contributed by atoms with Crippen LogP contribution < -0.4 is 0 Å². The molecule has 1 N–H and O–H groups in total. The maximum absolute atomic E-state index is 9.58. The molecule has 0 spiro atoms. The molecule has 0 aromatic carbocycles. The maximum Gasteiger partial charge on any atom is 0.161 e. The summed E-state index contributed by atoms with van der Waals surface area (Å²) in [6.07, 6.45) is 9.88. The van der Waals surface area contributed by atoms with Crippen LogP contribution in [-0.2, 0) is 4.74 Å². The third-order valence-corrected chi connectivity index (χ3v) is 2.50. The highest BCUT2D eigenvalue weighted by Gasteiger charge is 2.32. The van der Waals surface area contributed by atoms with E-state index in [1.165, 1.54) is 0 Å². The Morgan fingerprint density at radius 3 is 2.50 bits per heavy atom. The Bertz CT molecular complexity index is 208. The molecule has 0 aromatic rings. The average Bonchev–Trinajstić information content (AvgIpc) is 2.53. The summed E-state index contributed by atoms with van der Waals surface area (Å²) in [7, 11) is 0. The smallest absolute Gasteiger partial charge is 0.161 e. The number of aliphatic hydroxyl groups excluding tert-OH is 1. The summed E-state index contributed by atoms with van der Waals surface area (Å²) in [5.41, 5.74) is 0. The van der Waals surface area contributed by atoms with Gasteiger partial charge in [-0.05, 0) is 12.8 Å². The first kappa shape index (κ1) is 11.5. The predicted molar refractivity (Wildman–Crippen MR) is 57.8 cm³/mol. The van der Waals surface area contributed by atoms with E-state index in [-0.39, 0.29) is 5.92 Å².